The molecule has 4 aliphatic rings. The molecule has 4 aliphatic carbocycles. The van der Waals surface area contributed by atoms with Crippen LogP contribution in [0.25, 0.3) is 0 Å². The second kappa shape index (κ2) is 9.85. The van der Waals surface area contributed by atoms with Crippen molar-refractivity contribution in [2.45, 2.75) is 102 Å². The number of hydrogen-bond acceptors (Lipinski definition) is 5. The minimum Gasteiger partial charge on any atom is -0.463 e. The average Bonchev–Trinajstić information content (AvgIpc) is 3.18. The van der Waals surface area contributed by atoms with E-state index in [4.69, 9.17) is 9.47 Å². The van der Waals surface area contributed by atoms with Gasteiger partial charge in [0.05, 0.1) is 0 Å². The average molecular weight is 511 g/mol. The molecular weight excluding hydrogens is 468 g/mol. The molecule has 5 rings (SSSR count). The molecule has 0 N–H and O–H groups in total. The molecule has 196 valence electrons. The van der Waals surface area contributed by atoms with Gasteiger partial charge in [-0.15, -0.1) is 11.8 Å². The number of hydrogen-bond donors (Lipinski definition) is 0. The minimum atomic E-state index is -0.175. The zero-order valence-corrected chi connectivity index (χ0v) is 23.3. The van der Waals surface area contributed by atoms with Crippen molar-refractivity contribution in [3.05, 3.63) is 42.0 Å². The van der Waals surface area contributed by atoms with Crippen LogP contribution in [-0.2, 0) is 19.1 Å². The molecular formula is C31H42O4S. The molecule has 0 amide bonds. The molecule has 3 saturated carbocycles. The number of esters is 2. The number of allylic oxidation sites excluding steroid dienone is 1. The highest BCUT2D eigenvalue weighted by Crippen LogP contribution is 2.68. The van der Waals surface area contributed by atoms with Crippen molar-refractivity contribution >= 4 is 23.7 Å². The molecule has 2 unspecified atom stereocenters. The fourth-order valence-electron chi connectivity index (χ4n) is 8.76. The van der Waals surface area contributed by atoms with E-state index in [0.717, 1.165) is 25.7 Å². The Labute approximate surface area is 221 Å². The van der Waals surface area contributed by atoms with Crippen LogP contribution in [0.3, 0.4) is 0 Å². The van der Waals surface area contributed by atoms with E-state index in [1.807, 2.05) is 11.8 Å². The fraction of sp³-hybridized carbons (Fsp3) is 0.677. The molecule has 4 nitrogen and oxygen atoms in total. The second-order valence-electron chi connectivity index (χ2n) is 12.2. The van der Waals surface area contributed by atoms with Gasteiger partial charge in [0.15, 0.2) is 0 Å². The van der Waals surface area contributed by atoms with E-state index < -0.39 is 0 Å². The zero-order valence-electron chi connectivity index (χ0n) is 22.5. The Morgan fingerprint density at radius 2 is 1.75 bits per heavy atom. The van der Waals surface area contributed by atoms with Gasteiger partial charge in [-0.3, -0.25) is 9.59 Å². The van der Waals surface area contributed by atoms with Gasteiger partial charge in [0, 0.05) is 29.9 Å². The fourth-order valence-corrected chi connectivity index (χ4v) is 10.2. The summed E-state index contributed by atoms with van der Waals surface area (Å²) in [4.78, 5) is 24.8. The van der Waals surface area contributed by atoms with E-state index in [2.05, 4.69) is 57.2 Å². The van der Waals surface area contributed by atoms with Gasteiger partial charge in [-0.2, -0.15) is 0 Å². The Morgan fingerprint density at radius 1 is 1.00 bits per heavy atom. The number of rotatable bonds is 5. The second-order valence-corrected chi connectivity index (χ2v) is 13.5. The zero-order chi connectivity index (χ0) is 25.7. The van der Waals surface area contributed by atoms with Gasteiger partial charge in [-0.05, 0) is 92.6 Å². The number of carbonyl (C=O) groups is 2. The Kier molecular flexibility index (Phi) is 7.08. The van der Waals surface area contributed by atoms with Crippen LogP contribution in [-0.4, -0.2) is 29.4 Å². The molecule has 0 aromatic heterocycles. The normalized spacial score (nSPS) is 40.2. The molecule has 1 aromatic carbocycles. The summed E-state index contributed by atoms with van der Waals surface area (Å²) in [5, 5.41) is 0.337. The predicted octanol–water partition coefficient (Wildman–Crippen LogP) is 7.22. The van der Waals surface area contributed by atoms with Gasteiger partial charge < -0.3 is 9.47 Å². The van der Waals surface area contributed by atoms with E-state index >= 15 is 0 Å². The number of carbonyl (C=O) groups excluding carboxylic acids is 2. The van der Waals surface area contributed by atoms with Crippen LogP contribution in [0.5, 0.6) is 0 Å². The third kappa shape index (κ3) is 4.44. The maximum atomic E-state index is 11.9. The monoisotopic (exact) mass is 510 g/mol. The summed E-state index contributed by atoms with van der Waals surface area (Å²) in [5.41, 5.74) is 1.93. The highest BCUT2D eigenvalue weighted by molar-refractivity contribution is 8.00. The maximum Gasteiger partial charge on any atom is 0.302 e. The third-order valence-electron chi connectivity index (χ3n) is 10.4. The molecule has 5 heteroatoms. The van der Waals surface area contributed by atoms with Gasteiger partial charge >= 0.3 is 11.9 Å². The number of thioether (sulfide) groups is 1. The predicted molar refractivity (Wildman–Crippen MR) is 143 cm³/mol. The lowest BCUT2D eigenvalue weighted by molar-refractivity contribution is -0.152. The van der Waals surface area contributed by atoms with Crippen molar-refractivity contribution in [2.24, 2.45) is 34.5 Å². The Morgan fingerprint density at radius 3 is 2.44 bits per heavy atom. The van der Waals surface area contributed by atoms with Crippen molar-refractivity contribution in [3.8, 4) is 0 Å². The molecule has 0 saturated heterocycles. The van der Waals surface area contributed by atoms with Crippen LogP contribution in [0.1, 0.15) is 79.6 Å². The van der Waals surface area contributed by atoms with Gasteiger partial charge in [0.25, 0.3) is 0 Å². The molecule has 0 aliphatic heterocycles. The summed E-state index contributed by atoms with van der Waals surface area (Å²) in [7, 11) is 0. The lowest BCUT2D eigenvalue weighted by atomic mass is 9.48. The summed E-state index contributed by atoms with van der Waals surface area (Å²) in [5.74, 6) is 1.81. The van der Waals surface area contributed by atoms with Crippen LogP contribution in [0.2, 0.25) is 0 Å². The number of fused-ring (bicyclic) bond motifs is 5. The van der Waals surface area contributed by atoms with Gasteiger partial charge in [0.1, 0.15) is 12.2 Å². The topological polar surface area (TPSA) is 52.6 Å². The van der Waals surface area contributed by atoms with E-state index in [9.17, 15) is 9.59 Å². The van der Waals surface area contributed by atoms with Crippen molar-refractivity contribution in [1.29, 1.82) is 0 Å². The van der Waals surface area contributed by atoms with Crippen LogP contribution in [0.15, 0.2) is 46.9 Å². The molecule has 0 heterocycles. The molecule has 0 bridgehead atoms. The van der Waals surface area contributed by atoms with Gasteiger partial charge in [0.2, 0.25) is 0 Å². The first-order valence-electron chi connectivity index (χ1n) is 13.9. The van der Waals surface area contributed by atoms with E-state index in [-0.39, 0.29) is 35.0 Å². The first-order chi connectivity index (χ1) is 17.1. The lowest BCUT2D eigenvalue weighted by Crippen LogP contribution is -2.53. The molecule has 0 spiro atoms. The van der Waals surface area contributed by atoms with E-state index in [0.29, 0.717) is 28.9 Å². The first-order valence-corrected chi connectivity index (χ1v) is 14.8. The highest BCUT2D eigenvalue weighted by Gasteiger charge is 2.61. The van der Waals surface area contributed by atoms with Crippen molar-refractivity contribution < 1.29 is 19.1 Å². The summed E-state index contributed by atoms with van der Waals surface area (Å²) in [6.45, 7) is 10.2. The Balaban J connectivity index is 1.52. The largest absolute Gasteiger partial charge is 0.463 e. The molecule has 1 aromatic rings. The standard InChI is InChI=1S/C31H42O4S/c1-19(34-20(2)32)26-13-14-27-25-12-11-22-17-23(35-21(3)33)15-16-30(22,4)28(25)18-29(31(26,27)5)36-24-9-7-6-8-10-24/h6-10,18-19,22-23,25-27,29H,11-17H2,1-5H3/t19?,22?,23-,25+,26-,27+,29+,30+,31-/m1/s1. The molecule has 36 heavy (non-hydrogen) atoms. The van der Waals surface area contributed by atoms with Crippen LogP contribution >= 0.6 is 11.8 Å². The van der Waals surface area contributed by atoms with Crippen molar-refractivity contribution in [2.75, 3.05) is 0 Å². The SMILES string of the molecule is CC(=O)OC(C)[C@H]1CC[C@H]2[C@@H]3CCC4C[C@H](OC(C)=O)CC[C@]4(C)C3=C[C@H](Sc3ccccc3)[C@]12C. The van der Waals surface area contributed by atoms with Crippen LogP contribution < -0.4 is 0 Å². The summed E-state index contributed by atoms with van der Waals surface area (Å²) in [6.07, 6.45) is 10.5. The number of ether oxygens (including phenoxy) is 2. The van der Waals surface area contributed by atoms with Crippen LogP contribution in [0, 0.1) is 34.5 Å². The summed E-state index contributed by atoms with van der Waals surface area (Å²) >= 11 is 2.00. The molecule has 9 atom stereocenters. The number of benzene rings is 1. The van der Waals surface area contributed by atoms with Gasteiger partial charge in [-0.1, -0.05) is 43.7 Å². The van der Waals surface area contributed by atoms with E-state index in [1.54, 1.807) is 5.57 Å². The quantitative estimate of drug-likeness (QED) is 0.309. The summed E-state index contributed by atoms with van der Waals surface area (Å²) < 4.78 is 11.5. The third-order valence-corrected chi connectivity index (χ3v) is 11.8. The molecule has 3 fully saturated rings. The van der Waals surface area contributed by atoms with E-state index in [1.165, 1.54) is 38.0 Å². The lowest BCUT2D eigenvalue weighted by Gasteiger charge is -2.58. The Hall–Kier alpha value is -1.75. The van der Waals surface area contributed by atoms with Crippen molar-refractivity contribution in [3.63, 3.8) is 0 Å². The smallest absolute Gasteiger partial charge is 0.302 e. The maximum absolute atomic E-state index is 11.9. The summed E-state index contributed by atoms with van der Waals surface area (Å²) in [6, 6.07) is 10.8. The van der Waals surface area contributed by atoms with Gasteiger partial charge in [-0.25, -0.2) is 0 Å². The molecule has 0 radical (unpaired) electrons. The van der Waals surface area contributed by atoms with Crippen LogP contribution in [0.4, 0.5) is 0 Å². The van der Waals surface area contributed by atoms with Crippen molar-refractivity contribution in [1.82, 2.24) is 0 Å². The highest BCUT2D eigenvalue weighted by atomic mass is 32.2. The first kappa shape index (κ1) is 25.9. The minimum absolute atomic E-state index is 0.0708. The Bertz CT molecular complexity index is 1020.